The number of rotatable bonds is 4. The molecule has 1 heterocycles. The summed E-state index contributed by atoms with van der Waals surface area (Å²) < 4.78 is 17.1. The molecule has 130 valence electrons. The topological polar surface area (TPSA) is 44.8 Å². The van der Waals surface area contributed by atoms with Crippen LogP contribution in [0.1, 0.15) is 56.0 Å². The third-order valence-electron chi connectivity index (χ3n) is 5.30. The van der Waals surface area contributed by atoms with E-state index in [0.717, 1.165) is 37.0 Å². The van der Waals surface area contributed by atoms with Crippen LogP contribution in [-0.2, 0) is 11.2 Å². The number of carbonyl (C=O) groups is 1. The first-order valence-electron chi connectivity index (χ1n) is 8.70. The average Bonchev–Trinajstić information content (AvgIpc) is 2.93. The van der Waals surface area contributed by atoms with Crippen molar-refractivity contribution in [2.45, 2.75) is 52.1 Å². The molecule has 2 atom stereocenters. The SMILES string of the molecule is CCOC(=O)c1ccc(OC)c2c1OC(C)([C@H]1CC=C(C)CC1)C2. The second-order valence-corrected chi connectivity index (χ2v) is 6.96. The summed E-state index contributed by atoms with van der Waals surface area (Å²) in [5.41, 5.74) is 2.63. The van der Waals surface area contributed by atoms with Crippen LogP contribution in [0.5, 0.6) is 11.5 Å². The number of benzene rings is 1. The van der Waals surface area contributed by atoms with E-state index in [1.807, 2.05) is 13.0 Å². The predicted molar refractivity (Wildman–Crippen MR) is 92.8 cm³/mol. The summed E-state index contributed by atoms with van der Waals surface area (Å²) in [4.78, 5) is 12.3. The van der Waals surface area contributed by atoms with Crippen LogP contribution in [-0.4, -0.2) is 25.3 Å². The quantitative estimate of drug-likeness (QED) is 0.609. The van der Waals surface area contributed by atoms with Gasteiger partial charge in [0.25, 0.3) is 0 Å². The van der Waals surface area contributed by atoms with Crippen molar-refractivity contribution in [3.63, 3.8) is 0 Å². The van der Waals surface area contributed by atoms with Gasteiger partial charge in [-0.25, -0.2) is 4.79 Å². The summed E-state index contributed by atoms with van der Waals surface area (Å²) in [5.74, 6) is 1.53. The van der Waals surface area contributed by atoms with E-state index in [4.69, 9.17) is 14.2 Å². The molecule has 0 N–H and O–H groups in total. The van der Waals surface area contributed by atoms with Gasteiger partial charge in [-0.05, 0) is 52.2 Å². The van der Waals surface area contributed by atoms with E-state index in [9.17, 15) is 4.79 Å². The lowest BCUT2D eigenvalue weighted by molar-refractivity contribution is 0.0376. The van der Waals surface area contributed by atoms with Crippen molar-refractivity contribution in [3.8, 4) is 11.5 Å². The first kappa shape index (κ1) is 16.9. The van der Waals surface area contributed by atoms with Gasteiger partial charge in [-0.3, -0.25) is 0 Å². The number of carbonyl (C=O) groups excluding carboxylic acids is 1. The fourth-order valence-corrected chi connectivity index (χ4v) is 3.82. The molecule has 2 aliphatic rings. The van der Waals surface area contributed by atoms with E-state index >= 15 is 0 Å². The first-order valence-corrected chi connectivity index (χ1v) is 8.70. The molecule has 0 bridgehead atoms. The number of esters is 1. The first-order chi connectivity index (χ1) is 11.5. The Morgan fingerprint density at radius 3 is 2.83 bits per heavy atom. The molecule has 0 saturated heterocycles. The summed E-state index contributed by atoms with van der Waals surface area (Å²) in [7, 11) is 1.65. The van der Waals surface area contributed by atoms with Crippen molar-refractivity contribution >= 4 is 5.97 Å². The Kier molecular flexibility index (Phi) is 4.57. The third kappa shape index (κ3) is 2.90. The van der Waals surface area contributed by atoms with Gasteiger partial charge in [0.05, 0.1) is 13.7 Å². The van der Waals surface area contributed by atoms with Gasteiger partial charge in [-0.15, -0.1) is 0 Å². The molecule has 0 spiro atoms. The maximum absolute atomic E-state index is 12.3. The Hall–Kier alpha value is -1.97. The fourth-order valence-electron chi connectivity index (χ4n) is 3.82. The minimum absolute atomic E-state index is 0.310. The zero-order valence-corrected chi connectivity index (χ0v) is 15.0. The maximum atomic E-state index is 12.3. The van der Waals surface area contributed by atoms with Crippen LogP contribution in [0.15, 0.2) is 23.8 Å². The summed E-state index contributed by atoms with van der Waals surface area (Å²) >= 11 is 0. The minimum Gasteiger partial charge on any atom is -0.496 e. The third-order valence-corrected chi connectivity index (χ3v) is 5.30. The highest BCUT2D eigenvalue weighted by molar-refractivity contribution is 5.94. The Morgan fingerprint density at radius 1 is 1.42 bits per heavy atom. The zero-order chi connectivity index (χ0) is 17.3. The molecule has 4 nitrogen and oxygen atoms in total. The molecule has 0 radical (unpaired) electrons. The van der Waals surface area contributed by atoms with Gasteiger partial charge in [0, 0.05) is 17.9 Å². The summed E-state index contributed by atoms with van der Waals surface area (Å²) in [5, 5.41) is 0. The maximum Gasteiger partial charge on any atom is 0.341 e. The van der Waals surface area contributed by atoms with Crippen LogP contribution in [0.25, 0.3) is 0 Å². The second-order valence-electron chi connectivity index (χ2n) is 6.96. The molecule has 0 amide bonds. The van der Waals surface area contributed by atoms with Crippen LogP contribution >= 0.6 is 0 Å². The Morgan fingerprint density at radius 2 is 2.21 bits per heavy atom. The molecule has 0 aromatic heterocycles. The van der Waals surface area contributed by atoms with Gasteiger partial charge in [0.2, 0.25) is 0 Å². The molecule has 1 aliphatic heterocycles. The van der Waals surface area contributed by atoms with Crippen LogP contribution in [0.3, 0.4) is 0 Å². The van der Waals surface area contributed by atoms with E-state index < -0.39 is 0 Å². The van der Waals surface area contributed by atoms with Crippen LogP contribution < -0.4 is 9.47 Å². The molecule has 24 heavy (non-hydrogen) atoms. The Balaban J connectivity index is 1.95. The molecule has 1 aromatic rings. The predicted octanol–water partition coefficient (Wildman–Crippen LogP) is 4.31. The highest BCUT2D eigenvalue weighted by atomic mass is 16.5. The molecule has 0 fully saturated rings. The monoisotopic (exact) mass is 330 g/mol. The lowest BCUT2D eigenvalue weighted by atomic mass is 9.76. The molecular formula is C20H26O4. The van der Waals surface area contributed by atoms with Gasteiger partial charge in [0.1, 0.15) is 22.7 Å². The lowest BCUT2D eigenvalue weighted by Crippen LogP contribution is -2.40. The van der Waals surface area contributed by atoms with E-state index in [-0.39, 0.29) is 11.6 Å². The fraction of sp³-hybridized carbons (Fsp3) is 0.550. The number of fused-ring (bicyclic) bond motifs is 1. The van der Waals surface area contributed by atoms with E-state index in [1.165, 1.54) is 5.57 Å². The van der Waals surface area contributed by atoms with Gasteiger partial charge in [-0.2, -0.15) is 0 Å². The van der Waals surface area contributed by atoms with Crippen LogP contribution in [0, 0.1) is 5.92 Å². The molecule has 1 aliphatic carbocycles. The zero-order valence-electron chi connectivity index (χ0n) is 15.0. The van der Waals surface area contributed by atoms with E-state index in [0.29, 0.717) is 23.8 Å². The summed E-state index contributed by atoms with van der Waals surface area (Å²) in [6.45, 7) is 6.50. The van der Waals surface area contributed by atoms with E-state index in [1.54, 1.807) is 13.2 Å². The van der Waals surface area contributed by atoms with Crippen molar-refractivity contribution < 1.29 is 19.0 Å². The number of methoxy groups -OCH3 is 1. The smallest absolute Gasteiger partial charge is 0.341 e. The normalized spacial score (nSPS) is 25.5. The lowest BCUT2D eigenvalue weighted by Gasteiger charge is -2.35. The molecule has 4 heteroatoms. The summed E-state index contributed by atoms with van der Waals surface area (Å²) in [6, 6.07) is 3.58. The highest BCUT2D eigenvalue weighted by Gasteiger charge is 2.45. The standard InChI is InChI=1S/C20H26O4/c1-5-23-19(21)15-10-11-17(22-4)16-12-20(3,24-18(15)16)14-8-6-13(2)7-9-14/h6,10-11,14H,5,7-9,12H2,1-4H3/t14-,20?/m0/s1. The molecular weight excluding hydrogens is 304 g/mol. The van der Waals surface area contributed by atoms with Crippen molar-refractivity contribution in [2.24, 2.45) is 5.92 Å². The summed E-state index contributed by atoms with van der Waals surface area (Å²) in [6.07, 6.45) is 6.32. The van der Waals surface area contributed by atoms with Crippen molar-refractivity contribution in [2.75, 3.05) is 13.7 Å². The number of hydrogen-bond donors (Lipinski definition) is 0. The Bertz CT molecular complexity index is 676. The molecule has 1 aromatic carbocycles. The van der Waals surface area contributed by atoms with Crippen LogP contribution in [0.2, 0.25) is 0 Å². The van der Waals surface area contributed by atoms with Gasteiger partial charge in [0.15, 0.2) is 0 Å². The second kappa shape index (κ2) is 6.50. The highest BCUT2D eigenvalue weighted by Crippen LogP contribution is 2.48. The number of allylic oxidation sites excluding steroid dienone is 2. The number of hydrogen-bond acceptors (Lipinski definition) is 4. The molecule has 3 rings (SSSR count). The van der Waals surface area contributed by atoms with Crippen molar-refractivity contribution in [1.82, 2.24) is 0 Å². The van der Waals surface area contributed by atoms with Crippen molar-refractivity contribution in [1.29, 1.82) is 0 Å². The largest absolute Gasteiger partial charge is 0.496 e. The van der Waals surface area contributed by atoms with Crippen molar-refractivity contribution in [3.05, 3.63) is 34.9 Å². The number of ether oxygens (including phenoxy) is 3. The molecule has 0 saturated carbocycles. The van der Waals surface area contributed by atoms with Gasteiger partial charge >= 0.3 is 5.97 Å². The van der Waals surface area contributed by atoms with Gasteiger partial charge in [-0.1, -0.05) is 11.6 Å². The van der Waals surface area contributed by atoms with Crippen LogP contribution in [0.4, 0.5) is 0 Å². The minimum atomic E-state index is -0.333. The average molecular weight is 330 g/mol. The molecule has 1 unspecified atom stereocenters. The van der Waals surface area contributed by atoms with Gasteiger partial charge < -0.3 is 14.2 Å². The Labute approximate surface area is 143 Å². The van der Waals surface area contributed by atoms with E-state index in [2.05, 4.69) is 19.9 Å².